The zero-order valence-corrected chi connectivity index (χ0v) is 15.7. The number of aromatic amines is 1. The number of H-pyrrole nitrogens is 1. The van der Waals surface area contributed by atoms with E-state index in [1.54, 1.807) is 18.2 Å². The molecule has 3 rings (SSSR count). The second-order valence-electron chi connectivity index (χ2n) is 6.09. The van der Waals surface area contributed by atoms with Crippen molar-refractivity contribution in [3.05, 3.63) is 76.0 Å². The van der Waals surface area contributed by atoms with Crippen LogP contribution in [-0.2, 0) is 0 Å². The number of carbonyl (C=O) groups excluding carboxylic acids is 1. The first-order chi connectivity index (χ1) is 14.1. The van der Waals surface area contributed by atoms with Crippen molar-refractivity contribution in [2.75, 3.05) is 6.61 Å². The summed E-state index contributed by atoms with van der Waals surface area (Å²) in [6.07, 6.45) is 2.26. The van der Waals surface area contributed by atoms with E-state index in [-0.39, 0.29) is 11.4 Å². The van der Waals surface area contributed by atoms with Gasteiger partial charge >= 0.3 is 0 Å². The van der Waals surface area contributed by atoms with Crippen LogP contribution in [0.2, 0.25) is 0 Å². The normalized spacial score (nSPS) is 10.8. The molecule has 148 valence electrons. The van der Waals surface area contributed by atoms with Gasteiger partial charge < -0.3 is 4.74 Å². The van der Waals surface area contributed by atoms with E-state index in [2.05, 4.69) is 20.7 Å². The maximum Gasteiger partial charge on any atom is 0.289 e. The van der Waals surface area contributed by atoms with Crippen molar-refractivity contribution in [2.45, 2.75) is 13.3 Å². The summed E-state index contributed by atoms with van der Waals surface area (Å²) in [5, 5.41) is 21.4. The Morgan fingerprint density at radius 2 is 2.07 bits per heavy atom. The number of nitrogens with one attached hydrogen (secondary N) is 2. The Kier molecular flexibility index (Phi) is 6.31. The Bertz CT molecular complexity index is 1030. The Labute approximate surface area is 166 Å². The van der Waals surface area contributed by atoms with Crippen molar-refractivity contribution in [3.8, 4) is 17.0 Å². The molecule has 1 aromatic heterocycles. The van der Waals surface area contributed by atoms with Crippen molar-refractivity contribution < 1.29 is 14.5 Å². The van der Waals surface area contributed by atoms with Crippen molar-refractivity contribution in [3.63, 3.8) is 0 Å². The van der Waals surface area contributed by atoms with Gasteiger partial charge in [-0.05, 0) is 36.8 Å². The minimum absolute atomic E-state index is 0.0513. The molecule has 9 heteroatoms. The lowest BCUT2D eigenvalue weighted by molar-refractivity contribution is -0.384. The van der Waals surface area contributed by atoms with Crippen LogP contribution in [0.4, 0.5) is 5.69 Å². The van der Waals surface area contributed by atoms with Crippen LogP contribution in [0.15, 0.2) is 59.7 Å². The summed E-state index contributed by atoms with van der Waals surface area (Å²) in [5.74, 6) is 0.299. The van der Waals surface area contributed by atoms with Gasteiger partial charge in [0.1, 0.15) is 11.4 Å². The van der Waals surface area contributed by atoms with Crippen LogP contribution in [0.25, 0.3) is 11.3 Å². The molecule has 0 spiro atoms. The van der Waals surface area contributed by atoms with Gasteiger partial charge in [-0.25, -0.2) is 5.43 Å². The van der Waals surface area contributed by atoms with Crippen LogP contribution in [0.5, 0.6) is 5.75 Å². The molecule has 2 N–H and O–H groups in total. The van der Waals surface area contributed by atoms with Crippen molar-refractivity contribution >= 4 is 17.8 Å². The highest BCUT2D eigenvalue weighted by Crippen LogP contribution is 2.21. The van der Waals surface area contributed by atoms with Crippen LogP contribution in [0.1, 0.15) is 29.4 Å². The number of ether oxygens (including phenoxy) is 1. The van der Waals surface area contributed by atoms with Gasteiger partial charge in [0.05, 0.1) is 23.4 Å². The highest BCUT2D eigenvalue weighted by Gasteiger charge is 2.11. The summed E-state index contributed by atoms with van der Waals surface area (Å²) in [6.45, 7) is 2.70. The third kappa shape index (κ3) is 5.25. The van der Waals surface area contributed by atoms with Gasteiger partial charge in [-0.2, -0.15) is 10.2 Å². The smallest absolute Gasteiger partial charge is 0.289 e. The number of rotatable bonds is 8. The van der Waals surface area contributed by atoms with Crippen LogP contribution in [-0.4, -0.2) is 33.8 Å². The van der Waals surface area contributed by atoms with E-state index >= 15 is 0 Å². The molecule has 0 unspecified atom stereocenters. The van der Waals surface area contributed by atoms with E-state index in [1.807, 2.05) is 31.2 Å². The molecule has 0 fully saturated rings. The number of nitrogens with zero attached hydrogens (tertiary/aromatic N) is 3. The number of amides is 1. The summed E-state index contributed by atoms with van der Waals surface area (Å²) in [5.41, 5.74) is 4.49. The fourth-order valence-corrected chi connectivity index (χ4v) is 2.47. The second kappa shape index (κ2) is 9.27. The van der Waals surface area contributed by atoms with E-state index in [0.717, 1.165) is 17.7 Å². The fourth-order valence-electron chi connectivity index (χ4n) is 2.47. The Morgan fingerprint density at radius 3 is 2.79 bits per heavy atom. The number of aromatic nitrogens is 2. The summed E-state index contributed by atoms with van der Waals surface area (Å²) < 4.78 is 5.55. The van der Waals surface area contributed by atoms with Gasteiger partial charge in [0.2, 0.25) is 0 Å². The number of benzene rings is 2. The molecule has 9 nitrogen and oxygen atoms in total. The number of hydrazone groups is 1. The first-order valence-electron chi connectivity index (χ1n) is 8.93. The lowest BCUT2D eigenvalue weighted by Crippen LogP contribution is -2.18. The molecule has 1 amide bonds. The summed E-state index contributed by atoms with van der Waals surface area (Å²) in [4.78, 5) is 22.5. The van der Waals surface area contributed by atoms with Gasteiger partial charge in [-0.1, -0.05) is 19.1 Å². The van der Waals surface area contributed by atoms with E-state index in [0.29, 0.717) is 17.9 Å². The standard InChI is InChI=1S/C20H19N5O4/c1-2-10-29-17-8-6-15(7-9-17)18-12-19(23-22-18)20(26)24-21-13-14-4-3-5-16(11-14)25(27)28/h3-9,11-13H,2,10H2,1H3,(H,22,23)(H,24,26)/b21-13-. The second-order valence-corrected chi connectivity index (χ2v) is 6.09. The third-order valence-corrected chi connectivity index (χ3v) is 3.91. The molecule has 0 aliphatic carbocycles. The van der Waals surface area contributed by atoms with Crippen LogP contribution in [0, 0.1) is 10.1 Å². The predicted molar refractivity (Wildman–Crippen MR) is 108 cm³/mol. The molecule has 0 saturated heterocycles. The van der Waals surface area contributed by atoms with E-state index in [9.17, 15) is 14.9 Å². The summed E-state index contributed by atoms with van der Waals surface area (Å²) >= 11 is 0. The topological polar surface area (TPSA) is 123 Å². The van der Waals surface area contributed by atoms with E-state index in [1.165, 1.54) is 18.3 Å². The van der Waals surface area contributed by atoms with Gasteiger partial charge in [0.15, 0.2) is 0 Å². The highest BCUT2D eigenvalue weighted by molar-refractivity contribution is 5.94. The van der Waals surface area contributed by atoms with Crippen molar-refractivity contribution in [2.24, 2.45) is 5.10 Å². The summed E-state index contributed by atoms with van der Waals surface area (Å²) in [7, 11) is 0. The number of non-ortho nitro benzene ring substituents is 1. The van der Waals surface area contributed by atoms with Crippen molar-refractivity contribution in [1.29, 1.82) is 0 Å². The molecule has 0 aliphatic rings. The molecule has 0 saturated carbocycles. The zero-order chi connectivity index (χ0) is 20.6. The van der Waals surface area contributed by atoms with Crippen LogP contribution >= 0.6 is 0 Å². The van der Waals surface area contributed by atoms with Gasteiger partial charge in [-0.3, -0.25) is 20.0 Å². The van der Waals surface area contributed by atoms with Crippen LogP contribution < -0.4 is 10.2 Å². The Balaban J connectivity index is 1.62. The number of hydrogen-bond acceptors (Lipinski definition) is 6. The number of nitro benzene ring substituents is 1. The average Bonchev–Trinajstić information content (AvgIpc) is 3.23. The first-order valence-corrected chi connectivity index (χ1v) is 8.93. The molecule has 0 radical (unpaired) electrons. The number of nitro groups is 1. The van der Waals surface area contributed by atoms with E-state index < -0.39 is 10.8 Å². The van der Waals surface area contributed by atoms with Gasteiger partial charge in [-0.15, -0.1) is 0 Å². The molecular formula is C20H19N5O4. The third-order valence-electron chi connectivity index (χ3n) is 3.91. The molecule has 29 heavy (non-hydrogen) atoms. The largest absolute Gasteiger partial charge is 0.494 e. The molecule has 0 atom stereocenters. The van der Waals surface area contributed by atoms with Crippen LogP contribution in [0.3, 0.4) is 0 Å². The predicted octanol–water partition coefficient (Wildman–Crippen LogP) is 3.54. The molecule has 0 bridgehead atoms. The highest BCUT2D eigenvalue weighted by atomic mass is 16.6. The lowest BCUT2D eigenvalue weighted by Gasteiger charge is -2.04. The SMILES string of the molecule is CCCOc1ccc(-c2cc(C(=O)N/N=C\c3cccc([N+](=O)[O-])c3)[nH]n2)cc1. The quantitative estimate of drug-likeness (QED) is 0.344. The maximum absolute atomic E-state index is 12.2. The number of hydrogen-bond donors (Lipinski definition) is 2. The fraction of sp³-hybridized carbons (Fsp3) is 0.150. The molecule has 2 aromatic carbocycles. The maximum atomic E-state index is 12.2. The monoisotopic (exact) mass is 393 g/mol. The minimum atomic E-state index is -0.496. The Hall–Kier alpha value is -4.01. The molecule has 3 aromatic rings. The summed E-state index contributed by atoms with van der Waals surface area (Å²) in [6, 6.07) is 15.0. The zero-order valence-electron chi connectivity index (χ0n) is 15.7. The van der Waals surface area contributed by atoms with Crippen molar-refractivity contribution in [1.82, 2.24) is 15.6 Å². The molecule has 1 heterocycles. The molecule has 0 aliphatic heterocycles. The van der Waals surface area contributed by atoms with E-state index in [4.69, 9.17) is 4.74 Å². The average molecular weight is 393 g/mol. The molecular weight excluding hydrogens is 374 g/mol. The Morgan fingerprint density at radius 1 is 1.28 bits per heavy atom. The number of carbonyl (C=O) groups is 1. The minimum Gasteiger partial charge on any atom is -0.494 e. The first kappa shape index (κ1) is 19.7. The van der Waals surface area contributed by atoms with Gasteiger partial charge in [0.25, 0.3) is 11.6 Å². The lowest BCUT2D eigenvalue weighted by atomic mass is 10.1. The van der Waals surface area contributed by atoms with Gasteiger partial charge in [0, 0.05) is 23.3 Å².